The van der Waals surface area contributed by atoms with E-state index in [4.69, 9.17) is 4.74 Å². The van der Waals surface area contributed by atoms with Crippen LogP contribution in [0.2, 0.25) is 0 Å². The van der Waals surface area contributed by atoms with Crippen LogP contribution in [0.5, 0.6) is 0 Å². The maximum Gasteiger partial charge on any atom is 0.223 e. The number of pyridine rings is 1. The van der Waals surface area contributed by atoms with Crippen LogP contribution < -0.4 is 10.2 Å². The topological polar surface area (TPSA) is 54.5 Å². The van der Waals surface area contributed by atoms with Gasteiger partial charge in [-0.25, -0.2) is 4.39 Å². The first-order chi connectivity index (χ1) is 14.8. The fraction of sp³-hybridized carbons (Fsp3) is 0.520. The number of hydrogen-bond donors (Lipinski definition) is 1. The largest absolute Gasteiger partial charge is 0.372 e. The first-order valence-corrected chi connectivity index (χ1v) is 11.3. The molecule has 1 N–H and O–H groups in total. The van der Waals surface area contributed by atoms with Crippen molar-refractivity contribution >= 4 is 11.6 Å². The standard InChI is InChI=1S/C25H32FN3O2/c1-15-10-20(11-16(2)28-15)21-8-9-23(29-13-17(3)31-18(4)14-29)24(26)22(21)12-27-25(30)19-6-5-7-19/h8-11,17-19H,5-7,12-14H2,1-4H3,(H,27,30)/t17-,18+. The van der Waals surface area contributed by atoms with Gasteiger partial charge in [-0.15, -0.1) is 0 Å². The van der Waals surface area contributed by atoms with Crippen molar-refractivity contribution in [2.24, 2.45) is 5.92 Å². The number of aryl methyl sites for hydroxylation is 2. The molecule has 2 fully saturated rings. The van der Waals surface area contributed by atoms with Gasteiger partial charge >= 0.3 is 0 Å². The van der Waals surface area contributed by atoms with E-state index in [1.165, 1.54) is 0 Å². The van der Waals surface area contributed by atoms with Crippen LogP contribution in [0, 0.1) is 25.6 Å². The number of hydrogen-bond acceptors (Lipinski definition) is 4. The van der Waals surface area contributed by atoms with Crippen LogP contribution >= 0.6 is 0 Å². The molecule has 2 atom stereocenters. The first kappa shape index (κ1) is 21.8. The lowest BCUT2D eigenvalue weighted by atomic mass is 9.85. The number of nitrogens with zero attached hydrogens (tertiary/aromatic N) is 2. The van der Waals surface area contributed by atoms with E-state index in [2.05, 4.69) is 15.2 Å². The first-order valence-electron chi connectivity index (χ1n) is 11.3. The third kappa shape index (κ3) is 4.74. The summed E-state index contributed by atoms with van der Waals surface area (Å²) in [5.74, 6) is -0.168. The Bertz CT molecular complexity index is 943. The van der Waals surface area contributed by atoms with Gasteiger partial charge in [-0.1, -0.05) is 12.5 Å². The lowest BCUT2D eigenvalue weighted by Gasteiger charge is -2.37. The van der Waals surface area contributed by atoms with E-state index >= 15 is 4.39 Å². The summed E-state index contributed by atoms with van der Waals surface area (Å²) in [6.45, 7) is 9.37. The van der Waals surface area contributed by atoms with E-state index < -0.39 is 0 Å². The Hall–Kier alpha value is -2.47. The van der Waals surface area contributed by atoms with Crippen LogP contribution in [0.3, 0.4) is 0 Å². The van der Waals surface area contributed by atoms with Crippen LogP contribution in [-0.4, -0.2) is 36.2 Å². The number of halogens is 1. The lowest BCUT2D eigenvalue weighted by molar-refractivity contribution is -0.127. The Labute approximate surface area is 184 Å². The maximum absolute atomic E-state index is 16.0. The summed E-state index contributed by atoms with van der Waals surface area (Å²) in [6, 6.07) is 7.77. The van der Waals surface area contributed by atoms with Gasteiger partial charge in [0.05, 0.1) is 17.9 Å². The number of ether oxygens (including phenoxy) is 1. The minimum atomic E-state index is -0.264. The van der Waals surface area contributed by atoms with E-state index in [0.717, 1.165) is 41.8 Å². The third-order valence-electron chi connectivity index (χ3n) is 6.29. The summed E-state index contributed by atoms with van der Waals surface area (Å²) in [6.07, 6.45) is 3.02. The fourth-order valence-corrected chi connectivity index (χ4v) is 4.65. The molecule has 1 aromatic carbocycles. The van der Waals surface area contributed by atoms with Crippen LogP contribution in [0.15, 0.2) is 24.3 Å². The third-order valence-corrected chi connectivity index (χ3v) is 6.29. The van der Waals surface area contributed by atoms with Crippen molar-refractivity contribution in [2.45, 2.75) is 65.7 Å². The molecule has 0 radical (unpaired) electrons. The molecule has 1 aliphatic heterocycles. The molecule has 0 unspecified atom stereocenters. The maximum atomic E-state index is 16.0. The Morgan fingerprint density at radius 1 is 1.16 bits per heavy atom. The predicted molar refractivity (Wildman–Crippen MR) is 121 cm³/mol. The van der Waals surface area contributed by atoms with E-state index in [1.54, 1.807) is 0 Å². The van der Waals surface area contributed by atoms with Crippen LogP contribution in [0.25, 0.3) is 11.1 Å². The molecule has 166 valence electrons. The zero-order valence-electron chi connectivity index (χ0n) is 18.9. The van der Waals surface area contributed by atoms with Gasteiger partial charge in [-0.05, 0) is 69.9 Å². The normalized spacial score (nSPS) is 21.6. The Kier molecular flexibility index (Phi) is 6.28. The van der Waals surface area contributed by atoms with E-state index in [-0.39, 0.29) is 36.4 Å². The van der Waals surface area contributed by atoms with Gasteiger partial charge in [0.1, 0.15) is 0 Å². The van der Waals surface area contributed by atoms with Crippen molar-refractivity contribution in [2.75, 3.05) is 18.0 Å². The number of amides is 1. The summed E-state index contributed by atoms with van der Waals surface area (Å²) in [4.78, 5) is 19.0. The van der Waals surface area contributed by atoms with E-state index in [1.807, 2.05) is 52.0 Å². The van der Waals surface area contributed by atoms with Crippen LogP contribution in [0.4, 0.5) is 10.1 Å². The summed E-state index contributed by atoms with van der Waals surface area (Å²) in [5.41, 5.74) is 4.60. The Balaban J connectivity index is 1.71. The molecular weight excluding hydrogens is 393 g/mol. The Morgan fingerprint density at radius 3 is 2.39 bits per heavy atom. The second-order valence-electron chi connectivity index (χ2n) is 9.07. The average molecular weight is 426 g/mol. The zero-order valence-corrected chi connectivity index (χ0v) is 18.9. The van der Waals surface area contributed by atoms with Gasteiger partial charge in [-0.2, -0.15) is 0 Å². The van der Waals surface area contributed by atoms with Crippen molar-refractivity contribution in [3.63, 3.8) is 0 Å². The quantitative estimate of drug-likeness (QED) is 0.765. The summed E-state index contributed by atoms with van der Waals surface area (Å²) >= 11 is 0. The summed E-state index contributed by atoms with van der Waals surface area (Å²) in [7, 11) is 0. The average Bonchev–Trinajstić information content (AvgIpc) is 2.63. The van der Waals surface area contributed by atoms with E-state index in [9.17, 15) is 4.79 Å². The highest BCUT2D eigenvalue weighted by Gasteiger charge is 2.28. The molecule has 1 saturated heterocycles. The zero-order chi connectivity index (χ0) is 22.1. The molecule has 31 heavy (non-hydrogen) atoms. The van der Waals surface area contributed by atoms with Gasteiger partial charge in [0.25, 0.3) is 0 Å². The Morgan fingerprint density at radius 2 is 1.81 bits per heavy atom. The number of carbonyl (C=O) groups excluding carboxylic acids is 1. The van der Waals surface area contributed by atoms with Crippen LogP contribution in [-0.2, 0) is 16.1 Å². The number of morpholine rings is 1. The molecule has 2 aromatic rings. The molecular formula is C25H32FN3O2. The van der Waals surface area contributed by atoms with E-state index in [0.29, 0.717) is 24.3 Å². The lowest BCUT2D eigenvalue weighted by Crippen LogP contribution is -2.46. The molecule has 2 heterocycles. The van der Waals surface area contributed by atoms with Gasteiger partial charge in [0, 0.05) is 42.5 Å². The van der Waals surface area contributed by atoms with Gasteiger partial charge in [0.2, 0.25) is 5.91 Å². The molecule has 1 amide bonds. The fourth-order valence-electron chi connectivity index (χ4n) is 4.65. The second-order valence-corrected chi connectivity index (χ2v) is 9.07. The second kappa shape index (κ2) is 8.95. The monoisotopic (exact) mass is 425 g/mol. The van der Waals surface area contributed by atoms with Crippen molar-refractivity contribution in [3.05, 3.63) is 47.0 Å². The highest BCUT2D eigenvalue weighted by atomic mass is 19.1. The smallest absolute Gasteiger partial charge is 0.223 e. The summed E-state index contributed by atoms with van der Waals surface area (Å²) < 4.78 is 21.8. The van der Waals surface area contributed by atoms with Crippen molar-refractivity contribution in [1.82, 2.24) is 10.3 Å². The van der Waals surface area contributed by atoms with Crippen molar-refractivity contribution in [1.29, 1.82) is 0 Å². The minimum absolute atomic E-state index is 0.0257. The molecule has 1 aliphatic carbocycles. The van der Waals surface area contributed by atoms with Gasteiger partial charge < -0.3 is 15.0 Å². The molecule has 5 nitrogen and oxygen atoms in total. The number of carbonyl (C=O) groups is 1. The number of benzene rings is 1. The van der Waals surface area contributed by atoms with Crippen LogP contribution in [0.1, 0.15) is 50.1 Å². The van der Waals surface area contributed by atoms with Crippen molar-refractivity contribution in [3.8, 4) is 11.1 Å². The highest BCUT2D eigenvalue weighted by molar-refractivity contribution is 5.80. The molecule has 0 bridgehead atoms. The molecule has 6 heteroatoms. The minimum Gasteiger partial charge on any atom is -0.372 e. The molecule has 4 rings (SSSR count). The molecule has 1 aromatic heterocycles. The summed E-state index contributed by atoms with van der Waals surface area (Å²) in [5, 5.41) is 2.99. The van der Waals surface area contributed by atoms with Gasteiger partial charge in [0.15, 0.2) is 5.82 Å². The number of anilines is 1. The molecule has 1 saturated carbocycles. The number of nitrogens with one attached hydrogen (secondary N) is 1. The van der Waals surface area contributed by atoms with Gasteiger partial charge in [-0.3, -0.25) is 9.78 Å². The highest BCUT2D eigenvalue weighted by Crippen LogP contribution is 2.34. The SMILES string of the molecule is Cc1cc(-c2ccc(N3C[C@@H](C)O[C@@H](C)C3)c(F)c2CNC(=O)C2CCC2)cc(C)n1. The van der Waals surface area contributed by atoms with Crippen molar-refractivity contribution < 1.29 is 13.9 Å². The molecule has 2 aliphatic rings. The predicted octanol–water partition coefficient (Wildman–Crippen LogP) is 4.53. The molecule has 0 spiro atoms. The number of rotatable bonds is 5. The number of aromatic nitrogens is 1.